The monoisotopic (exact) mass is 345 g/mol. The predicted octanol–water partition coefficient (Wildman–Crippen LogP) is -0.249. The number of hydrogen-bond acceptors (Lipinski definition) is 6. The van der Waals surface area contributed by atoms with Gasteiger partial charge in [0.25, 0.3) is 0 Å². The lowest BCUT2D eigenvalue weighted by molar-refractivity contribution is 0.541. The Bertz CT molecular complexity index is 126. The first-order chi connectivity index (χ1) is 5.20. The van der Waals surface area contributed by atoms with Gasteiger partial charge in [0.15, 0.2) is 0 Å². The van der Waals surface area contributed by atoms with Gasteiger partial charge in [0.05, 0.1) is 0 Å². The quantitative estimate of drug-likeness (QED) is 0.558. The second kappa shape index (κ2) is 29.5. The standard InChI is InChI=1S/3CH4O2S.3ClH/c3*1-4(2)3;;;/h3*1H3,(H,2,3);3*1H/p-3. The van der Waals surface area contributed by atoms with E-state index >= 15 is 0 Å². The molecule has 0 aliphatic carbocycles. The average Bonchev–Trinajstić information content (AvgIpc) is 1.54. The molecule has 0 amide bonds. The first-order valence-corrected chi connectivity index (χ1v) is 6.67. The minimum atomic E-state index is -1.86. The smallest absolute Gasteiger partial charge is 0.00142 e. The maximum absolute atomic E-state index is 9.00. The lowest BCUT2D eigenvalue weighted by atomic mass is 12.0. The van der Waals surface area contributed by atoms with Gasteiger partial charge in [-0.05, 0) is 18.8 Å². The van der Waals surface area contributed by atoms with Gasteiger partial charge in [0, 0.05) is 0 Å². The summed E-state index contributed by atoms with van der Waals surface area (Å²) in [6.07, 6.45) is 3.25. The van der Waals surface area contributed by atoms with E-state index in [1.165, 1.54) is 0 Å². The van der Waals surface area contributed by atoms with E-state index in [4.69, 9.17) is 26.3 Å². The van der Waals surface area contributed by atoms with E-state index in [-0.39, 0.29) is 37.2 Å². The SMILES string of the molecule is CS(=O)[O-].CS(=O)[O-].CS(=O)[O-].Cl.Cl.Cl. The van der Waals surface area contributed by atoms with Gasteiger partial charge >= 0.3 is 0 Å². The maximum Gasteiger partial charge on any atom is -0.00142 e. The predicted molar refractivity (Wildman–Crippen MR) is 66.3 cm³/mol. The van der Waals surface area contributed by atoms with Crippen LogP contribution in [0.3, 0.4) is 0 Å². The van der Waals surface area contributed by atoms with Crippen molar-refractivity contribution in [2.24, 2.45) is 0 Å². The van der Waals surface area contributed by atoms with Gasteiger partial charge in [-0.15, -0.1) is 37.2 Å². The Labute approximate surface area is 115 Å². The molecule has 0 heterocycles. The fraction of sp³-hybridized carbons (Fsp3) is 1.00. The lowest BCUT2D eigenvalue weighted by Crippen LogP contribution is -1.73. The van der Waals surface area contributed by atoms with E-state index < -0.39 is 33.2 Å². The fourth-order valence-electron chi connectivity index (χ4n) is 0. The summed E-state index contributed by atoms with van der Waals surface area (Å²) in [7, 11) is 0. The lowest BCUT2D eigenvalue weighted by Gasteiger charge is -1.85. The first kappa shape index (κ1) is 36.0. The zero-order chi connectivity index (χ0) is 10.7. The van der Waals surface area contributed by atoms with Crippen molar-refractivity contribution in [3.05, 3.63) is 0 Å². The van der Waals surface area contributed by atoms with E-state index in [0.29, 0.717) is 0 Å². The summed E-state index contributed by atoms with van der Waals surface area (Å²) in [5.41, 5.74) is 0. The molecule has 0 rings (SSSR count). The summed E-state index contributed by atoms with van der Waals surface area (Å²) in [6, 6.07) is 0. The highest BCUT2D eigenvalue weighted by Crippen LogP contribution is 1.45. The van der Waals surface area contributed by atoms with E-state index in [2.05, 4.69) is 0 Å². The van der Waals surface area contributed by atoms with E-state index in [1.807, 2.05) is 0 Å². The summed E-state index contributed by atoms with van der Waals surface area (Å²) in [5.74, 6) is 0. The van der Waals surface area contributed by atoms with Crippen LogP contribution in [0.4, 0.5) is 0 Å². The Kier molecular flexibility index (Phi) is 70.7. The summed E-state index contributed by atoms with van der Waals surface area (Å²) < 4.78 is 54.0. The molecule has 15 heavy (non-hydrogen) atoms. The Morgan fingerprint density at radius 1 is 0.600 bits per heavy atom. The second-order valence-electron chi connectivity index (χ2n) is 1.20. The van der Waals surface area contributed by atoms with Crippen LogP contribution in [0.15, 0.2) is 0 Å². The molecule has 0 saturated heterocycles. The molecule has 0 radical (unpaired) electrons. The van der Waals surface area contributed by atoms with Crippen molar-refractivity contribution >= 4 is 70.5 Å². The van der Waals surface area contributed by atoms with Crippen LogP contribution >= 0.6 is 37.2 Å². The van der Waals surface area contributed by atoms with Gasteiger partial charge in [0.2, 0.25) is 0 Å². The Hall–Kier alpha value is 1.20. The molecule has 0 bridgehead atoms. The highest BCUT2D eigenvalue weighted by Gasteiger charge is 1.42. The third-order valence-corrected chi connectivity index (χ3v) is 0. The molecule has 12 heteroatoms. The van der Waals surface area contributed by atoms with Crippen molar-refractivity contribution in [1.82, 2.24) is 0 Å². The van der Waals surface area contributed by atoms with Crippen LogP contribution in [0.25, 0.3) is 0 Å². The summed E-state index contributed by atoms with van der Waals surface area (Å²) >= 11 is -5.58. The molecule has 0 N–H and O–H groups in total. The summed E-state index contributed by atoms with van der Waals surface area (Å²) in [4.78, 5) is 0. The minimum Gasteiger partial charge on any atom is -0.773 e. The van der Waals surface area contributed by atoms with Crippen LogP contribution in [0.1, 0.15) is 0 Å². The highest BCUT2D eigenvalue weighted by atomic mass is 35.5. The third-order valence-electron chi connectivity index (χ3n) is 0. The fourth-order valence-corrected chi connectivity index (χ4v) is 0. The molecular formula is C3H12Cl3O6S3-3. The van der Waals surface area contributed by atoms with Crippen molar-refractivity contribution < 1.29 is 26.3 Å². The molecule has 0 aromatic rings. The summed E-state index contributed by atoms with van der Waals surface area (Å²) in [5, 5.41) is 0. The van der Waals surface area contributed by atoms with Crippen LogP contribution in [0.2, 0.25) is 0 Å². The van der Waals surface area contributed by atoms with Crippen molar-refractivity contribution in [2.45, 2.75) is 0 Å². The van der Waals surface area contributed by atoms with Gasteiger partial charge in [-0.25, -0.2) is 0 Å². The molecule has 0 aliphatic heterocycles. The van der Waals surface area contributed by atoms with Crippen molar-refractivity contribution in [2.75, 3.05) is 18.8 Å². The zero-order valence-corrected chi connectivity index (χ0v) is 12.8. The second-order valence-corrected chi connectivity index (χ2v) is 3.61. The van der Waals surface area contributed by atoms with Crippen LogP contribution in [-0.4, -0.2) is 45.1 Å². The molecule has 0 aromatic heterocycles. The van der Waals surface area contributed by atoms with Gasteiger partial charge in [0.1, 0.15) is 0 Å². The molecule has 0 aliphatic rings. The van der Waals surface area contributed by atoms with Crippen LogP contribution in [0, 0.1) is 0 Å². The normalized spacial score (nSPS) is 12.4. The topological polar surface area (TPSA) is 120 Å². The molecule has 0 aromatic carbocycles. The van der Waals surface area contributed by atoms with Crippen LogP contribution < -0.4 is 0 Å². The molecule has 0 saturated carbocycles. The molecule has 102 valence electrons. The van der Waals surface area contributed by atoms with Gasteiger partial charge in [-0.1, -0.05) is 33.2 Å². The van der Waals surface area contributed by atoms with E-state index in [9.17, 15) is 0 Å². The molecule has 3 atom stereocenters. The first-order valence-electron chi connectivity index (χ1n) is 2.22. The van der Waals surface area contributed by atoms with Gasteiger partial charge in [-0.3, -0.25) is 12.6 Å². The molecule has 3 unspecified atom stereocenters. The number of rotatable bonds is 0. The van der Waals surface area contributed by atoms with E-state index in [0.717, 1.165) is 18.8 Å². The van der Waals surface area contributed by atoms with Crippen molar-refractivity contribution in [3.8, 4) is 0 Å². The Morgan fingerprint density at radius 3 is 0.600 bits per heavy atom. The van der Waals surface area contributed by atoms with Crippen molar-refractivity contribution in [1.29, 1.82) is 0 Å². The number of halogens is 3. The average molecular weight is 347 g/mol. The molecule has 6 nitrogen and oxygen atoms in total. The van der Waals surface area contributed by atoms with E-state index in [1.54, 1.807) is 0 Å². The molecule has 0 spiro atoms. The van der Waals surface area contributed by atoms with Gasteiger partial charge in [-0.2, -0.15) is 0 Å². The third kappa shape index (κ3) is 1840. The minimum absolute atomic E-state index is 0. The summed E-state index contributed by atoms with van der Waals surface area (Å²) in [6.45, 7) is 0. The molecule has 0 fully saturated rings. The van der Waals surface area contributed by atoms with Crippen LogP contribution in [0.5, 0.6) is 0 Å². The number of hydrogen-bond donors (Lipinski definition) is 0. The zero-order valence-electron chi connectivity index (χ0n) is 7.90. The maximum atomic E-state index is 9.00. The Balaban J connectivity index is -0.0000000184. The van der Waals surface area contributed by atoms with Crippen LogP contribution in [-0.2, 0) is 33.2 Å². The van der Waals surface area contributed by atoms with Gasteiger partial charge < -0.3 is 13.7 Å². The van der Waals surface area contributed by atoms with Crippen molar-refractivity contribution in [3.63, 3.8) is 0 Å². The molecular weight excluding hydrogens is 335 g/mol. The Morgan fingerprint density at radius 2 is 0.600 bits per heavy atom. The highest BCUT2D eigenvalue weighted by molar-refractivity contribution is 7.78. The largest absolute Gasteiger partial charge is 0.773 e.